The predicted octanol–water partition coefficient (Wildman–Crippen LogP) is 5.04. The van der Waals surface area contributed by atoms with Crippen LogP contribution in [-0.4, -0.2) is 21.0 Å². The minimum absolute atomic E-state index is 0.0506. The summed E-state index contributed by atoms with van der Waals surface area (Å²) in [5.41, 5.74) is 5.26. The van der Waals surface area contributed by atoms with Gasteiger partial charge in [0.2, 0.25) is 0 Å². The largest absolute Gasteiger partial charge is 0.478 e. The van der Waals surface area contributed by atoms with Gasteiger partial charge in [0, 0.05) is 16.9 Å². The molecule has 1 aromatic rings. The lowest BCUT2D eigenvalue weighted by Crippen LogP contribution is -2.36. The molecule has 1 N–H and O–H groups in total. The van der Waals surface area contributed by atoms with Gasteiger partial charge in [-0.2, -0.15) is 0 Å². The van der Waals surface area contributed by atoms with E-state index in [9.17, 15) is 4.79 Å². The van der Waals surface area contributed by atoms with Crippen molar-refractivity contribution in [2.45, 2.75) is 78.1 Å². The van der Waals surface area contributed by atoms with Crippen LogP contribution in [0.1, 0.15) is 84.3 Å². The third kappa shape index (κ3) is 4.56. The van der Waals surface area contributed by atoms with Crippen molar-refractivity contribution in [2.24, 2.45) is 0 Å². The van der Waals surface area contributed by atoms with Crippen LogP contribution in [0.4, 0.5) is 0 Å². The van der Waals surface area contributed by atoms with Crippen LogP contribution in [0.3, 0.4) is 0 Å². The van der Waals surface area contributed by atoms with Crippen molar-refractivity contribution in [1.82, 2.24) is 9.97 Å². The molecule has 2 rings (SSSR count). The Bertz CT molecular complexity index is 727. The number of carboxylic acids is 1. The van der Waals surface area contributed by atoms with Crippen LogP contribution in [0.15, 0.2) is 23.9 Å². The summed E-state index contributed by atoms with van der Waals surface area (Å²) in [7, 11) is 0. The Morgan fingerprint density at radius 1 is 1.16 bits per heavy atom. The molecule has 1 heterocycles. The Kier molecular flexibility index (Phi) is 5.50. The Balaban J connectivity index is 2.23. The number of fused-ring (bicyclic) bond motifs is 1. The van der Waals surface area contributed by atoms with E-state index in [0.717, 1.165) is 53.9 Å². The lowest BCUT2D eigenvalue weighted by molar-refractivity contribution is -0.131. The fourth-order valence-electron chi connectivity index (χ4n) is 3.31. The van der Waals surface area contributed by atoms with Crippen LogP contribution in [0, 0.1) is 0 Å². The van der Waals surface area contributed by atoms with Crippen molar-refractivity contribution in [3.63, 3.8) is 0 Å². The number of hydrogen-bond acceptors (Lipinski definition) is 3. The molecule has 1 aliphatic rings. The molecule has 0 amide bonds. The Morgan fingerprint density at radius 3 is 2.36 bits per heavy atom. The van der Waals surface area contributed by atoms with E-state index in [-0.39, 0.29) is 10.8 Å². The molecule has 0 saturated carbocycles. The number of aliphatic carboxylic acids is 1. The molecule has 0 radical (unpaired) electrons. The van der Waals surface area contributed by atoms with Crippen LogP contribution >= 0.6 is 0 Å². The predicted molar refractivity (Wildman–Crippen MR) is 102 cm³/mol. The van der Waals surface area contributed by atoms with Gasteiger partial charge in [-0.25, -0.2) is 9.78 Å². The van der Waals surface area contributed by atoms with E-state index in [0.29, 0.717) is 0 Å². The summed E-state index contributed by atoms with van der Waals surface area (Å²) in [6.45, 7) is 12.9. The van der Waals surface area contributed by atoms with Gasteiger partial charge in [-0.05, 0) is 45.1 Å². The van der Waals surface area contributed by atoms with Crippen molar-refractivity contribution < 1.29 is 9.90 Å². The second kappa shape index (κ2) is 7.11. The summed E-state index contributed by atoms with van der Waals surface area (Å²) >= 11 is 0. The number of hydrogen-bond donors (Lipinski definition) is 1. The SMILES string of the molecule is C/C(=C/CC/C(C)=C/C(=O)O)c1cnc2c(n1)C(C)(C)CCC2(C)C. The Labute approximate surface area is 151 Å². The van der Waals surface area contributed by atoms with Gasteiger partial charge in [-0.3, -0.25) is 4.98 Å². The van der Waals surface area contributed by atoms with Gasteiger partial charge in [0.05, 0.1) is 23.3 Å². The monoisotopic (exact) mass is 342 g/mol. The Hall–Kier alpha value is -1.97. The summed E-state index contributed by atoms with van der Waals surface area (Å²) < 4.78 is 0. The number of nitrogens with zero attached hydrogens (tertiary/aromatic N) is 2. The maximum atomic E-state index is 10.7. The highest BCUT2D eigenvalue weighted by atomic mass is 16.4. The number of rotatable bonds is 5. The molecule has 136 valence electrons. The molecule has 4 nitrogen and oxygen atoms in total. The highest BCUT2D eigenvalue weighted by Crippen LogP contribution is 2.43. The van der Waals surface area contributed by atoms with Gasteiger partial charge in [-0.15, -0.1) is 0 Å². The number of carbonyl (C=O) groups is 1. The van der Waals surface area contributed by atoms with Crippen molar-refractivity contribution in [1.29, 1.82) is 0 Å². The van der Waals surface area contributed by atoms with Gasteiger partial charge >= 0.3 is 5.97 Å². The van der Waals surface area contributed by atoms with Gasteiger partial charge in [0.1, 0.15) is 0 Å². The van der Waals surface area contributed by atoms with E-state index >= 15 is 0 Å². The lowest BCUT2D eigenvalue weighted by Gasteiger charge is -2.39. The molecule has 25 heavy (non-hydrogen) atoms. The van der Waals surface area contributed by atoms with Crippen LogP contribution in [0.5, 0.6) is 0 Å². The molecule has 0 unspecified atom stereocenters. The van der Waals surface area contributed by atoms with Crippen molar-refractivity contribution in [2.75, 3.05) is 0 Å². The molecule has 0 bridgehead atoms. The first-order valence-corrected chi connectivity index (χ1v) is 8.98. The lowest BCUT2D eigenvalue weighted by atomic mass is 9.67. The van der Waals surface area contributed by atoms with Gasteiger partial charge in [-0.1, -0.05) is 39.3 Å². The van der Waals surface area contributed by atoms with Crippen LogP contribution in [0.25, 0.3) is 5.57 Å². The first-order valence-electron chi connectivity index (χ1n) is 8.98. The third-order valence-corrected chi connectivity index (χ3v) is 5.19. The molecular formula is C21H30N2O2. The van der Waals surface area contributed by atoms with Crippen molar-refractivity contribution >= 4 is 11.5 Å². The number of aromatic nitrogens is 2. The highest BCUT2D eigenvalue weighted by molar-refractivity contribution is 5.80. The summed E-state index contributed by atoms with van der Waals surface area (Å²) in [5, 5.41) is 8.76. The highest BCUT2D eigenvalue weighted by Gasteiger charge is 2.39. The zero-order chi connectivity index (χ0) is 18.8. The quantitative estimate of drug-likeness (QED) is 0.761. The molecule has 0 aliphatic heterocycles. The average molecular weight is 342 g/mol. The molecule has 0 aromatic carbocycles. The maximum absolute atomic E-state index is 10.7. The first kappa shape index (κ1) is 19.4. The summed E-state index contributed by atoms with van der Waals surface area (Å²) in [6.07, 6.45) is 9.06. The number of allylic oxidation sites excluding steroid dienone is 3. The van der Waals surface area contributed by atoms with Crippen molar-refractivity contribution in [3.8, 4) is 0 Å². The fourth-order valence-corrected chi connectivity index (χ4v) is 3.31. The van der Waals surface area contributed by atoms with Gasteiger partial charge in [0.15, 0.2) is 0 Å². The Morgan fingerprint density at radius 2 is 1.76 bits per heavy atom. The molecule has 0 spiro atoms. The van der Waals surface area contributed by atoms with E-state index in [1.54, 1.807) is 0 Å². The number of carboxylic acid groups (broad SMARTS) is 1. The zero-order valence-corrected chi connectivity index (χ0v) is 16.3. The van der Waals surface area contributed by atoms with E-state index in [1.807, 2.05) is 20.0 Å². The smallest absolute Gasteiger partial charge is 0.328 e. The minimum atomic E-state index is -0.886. The normalized spacial score (nSPS) is 19.4. The summed E-state index contributed by atoms with van der Waals surface area (Å²) in [6, 6.07) is 0. The standard InChI is InChI=1S/C21H30N2O2/c1-14(12-17(24)25)8-7-9-15(2)16-13-22-18-19(23-16)21(5,6)11-10-20(18,3)4/h9,12-13H,7-8,10-11H2,1-6H3,(H,24,25)/b14-12+,15-9-. The molecule has 1 aliphatic carbocycles. The van der Waals surface area contributed by atoms with E-state index < -0.39 is 5.97 Å². The molecular weight excluding hydrogens is 312 g/mol. The molecule has 4 heteroatoms. The molecule has 0 saturated heterocycles. The second-order valence-corrected chi connectivity index (χ2v) is 8.47. The molecule has 0 fully saturated rings. The van der Waals surface area contributed by atoms with E-state index in [4.69, 9.17) is 15.1 Å². The van der Waals surface area contributed by atoms with Gasteiger partial charge < -0.3 is 5.11 Å². The van der Waals surface area contributed by atoms with E-state index in [2.05, 4.69) is 33.8 Å². The van der Waals surface area contributed by atoms with E-state index in [1.165, 1.54) is 6.08 Å². The third-order valence-electron chi connectivity index (χ3n) is 5.19. The fraction of sp³-hybridized carbons (Fsp3) is 0.571. The molecule has 0 atom stereocenters. The molecule has 1 aromatic heterocycles. The summed E-state index contributed by atoms with van der Waals surface area (Å²) in [5.74, 6) is -0.886. The first-order chi connectivity index (χ1) is 11.5. The minimum Gasteiger partial charge on any atom is -0.478 e. The van der Waals surface area contributed by atoms with Crippen LogP contribution in [0.2, 0.25) is 0 Å². The maximum Gasteiger partial charge on any atom is 0.328 e. The average Bonchev–Trinajstić information content (AvgIpc) is 2.51. The van der Waals surface area contributed by atoms with Crippen LogP contribution < -0.4 is 0 Å². The zero-order valence-electron chi connectivity index (χ0n) is 16.3. The topological polar surface area (TPSA) is 63.1 Å². The van der Waals surface area contributed by atoms with Crippen molar-refractivity contribution in [3.05, 3.63) is 41.0 Å². The summed E-state index contributed by atoms with van der Waals surface area (Å²) in [4.78, 5) is 20.4. The van der Waals surface area contributed by atoms with Gasteiger partial charge in [0.25, 0.3) is 0 Å². The van der Waals surface area contributed by atoms with Crippen LogP contribution in [-0.2, 0) is 15.6 Å². The second-order valence-electron chi connectivity index (χ2n) is 8.47.